The zero-order chi connectivity index (χ0) is 20.9. The normalized spacial score (nSPS) is 16.7. The van der Waals surface area contributed by atoms with E-state index in [9.17, 15) is 9.59 Å². The maximum Gasteiger partial charge on any atom is 0.407 e. The lowest BCUT2D eigenvalue weighted by molar-refractivity contribution is -0.118. The van der Waals surface area contributed by atoms with Crippen molar-refractivity contribution in [2.75, 3.05) is 13.7 Å². The largest absolute Gasteiger partial charge is 0.496 e. The Kier molecular flexibility index (Phi) is 6.75. The van der Waals surface area contributed by atoms with Crippen LogP contribution in [0.3, 0.4) is 0 Å². The number of rotatable bonds is 7. The Balaban J connectivity index is 2.04. The average Bonchev–Trinajstić information content (AvgIpc) is 3.44. The molecule has 1 aromatic carbocycles. The van der Waals surface area contributed by atoms with E-state index < -0.39 is 17.2 Å². The minimum atomic E-state index is -0.558. The van der Waals surface area contributed by atoms with Crippen molar-refractivity contribution in [3.8, 4) is 5.75 Å². The van der Waals surface area contributed by atoms with Crippen LogP contribution in [-0.4, -0.2) is 36.8 Å². The molecule has 6 nitrogen and oxygen atoms in total. The molecule has 1 aliphatic rings. The number of hydrogen-bond donors (Lipinski definition) is 2. The minimum Gasteiger partial charge on any atom is -0.496 e. The molecule has 2 amide bonds. The van der Waals surface area contributed by atoms with E-state index in [1.807, 2.05) is 58.9 Å². The third-order valence-electron chi connectivity index (χ3n) is 4.77. The summed E-state index contributed by atoms with van der Waals surface area (Å²) in [5.41, 5.74) is 0.608. The third-order valence-corrected chi connectivity index (χ3v) is 4.77. The highest BCUT2D eigenvalue weighted by molar-refractivity contribution is 5.96. The number of para-hydroxylation sites is 1. The summed E-state index contributed by atoms with van der Waals surface area (Å²) in [7, 11) is 1.61. The van der Waals surface area contributed by atoms with E-state index in [4.69, 9.17) is 9.47 Å². The van der Waals surface area contributed by atoms with Crippen LogP contribution >= 0.6 is 0 Å². The van der Waals surface area contributed by atoms with Gasteiger partial charge in [0.15, 0.2) is 0 Å². The molecule has 0 spiro atoms. The lowest BCUT2D eigenvalue weighted by Crippen LogP contribution is -2.55. The van der Waals surface area contributed by atoms with Crippen molar-refractivity contribution >= 4 is 17.6 Å². The van der Waals surface area contributed by atoms with Crippen LogP contribution in [0.4, 0.5) is 4.79 Å². The van der Waals surface area contributed by atoms with Crippen LogP contribution in [0, 0.1) is 5.92 Å². The van der Waals surface area contributed by atoms with E-state index >= 15 is 0 Å². The number of hydrogen-bond acceptors (Lipinski definition) is 4. The molecule has 1 aromatic rings. The molecule has 0 heterocycles. The summed E-state index contributed by atoms with van der Waals surface area (Å²) in [5.74, 6) is 0.871. The third kappa shape index (κ3) is 6.29. The van der Waals surface area contributed by atoms with E-state index in [-0.39, 0.29) is 5.91 Å². The van der Waals surface area contributed by atoms with Crippen LogP contribution in [0.25, 0.3) is 5.57 Å². The molecule has 0 aliphatic heterocycles. The number of ether oxygens (including phenoxy) is 2. The molecule has 154 valence electrons. The molecule has 0 bridgehead atoms. The van der Waals surface area contributed by atoms with Gasteiger partial charge in [0.2, 0.25) is 5.91 Å². The lowest BCUT2D eigenvalue weighted by atomic mass is 9.95. The number of benzene rings is 1. The predicted molar refractivity (Wildman–Crippen MR) is 110 cm³/mol. The first-order valence-electron chi connectivity index (χ1n) is 9.65. The van der Waals surface area contributed by atoms with Gasteiger partial charge >= 0.3 is 6.09 Å². The van der Waals surface area contributed by atoms with Gasteiger partial charge in [-0.2, -0.15) is 0 Å². The van der Waals surface area contributed by atoms with Crippen molar-refractivity contribution in [3.63, 3.8) is 0 Å². The van der Waals surface area contributed by atoms with Gasteiger partial charge in [-0.15, -0.1) is 0 Å². The molecule has 0 radical (unpaired) electrons. The molecule has 1 unspecified atom stereocenters. The monoisotopic (exact) mass is 388 g/mol. The Morgan fingerprint density at radius 3 is 2.39 bits per heavy atom. The summed E-state index contributed by atoms with van der Waals surface area (Å²) in [5, 5.41) is 5.88. The van der Waals surface area contributed by atoms with Crippen molar-refractivity contribution in [2.24, 2.45) is 5.92 Å². The second kappa shape index (κ2) is 8.67. The van der Waals surface area contributed by atoms with Gasteiger partial charge in [0, 0.05) is 18.2 Å². The van der Waals surface area contributed by atoms with Crippen LogP contribution < -0.4 is 15.4 Å². The highest BCUT2D eigenvalue weighted by Crippen LogP contribution is 2.39. The number of nitrogens with one attached hydrogen (secondary N) is 2. The first-order valence-corrected chi connectivity index (χ1v) is 9.65. The Morgan fingerprint density at radius 1 is 1.18 bits per heavy atom. The van der Waals surface area contributed by atoms with E-state index in [1.165, 1.54) is 0 Å². The molecule has 1 saturated carbocycles. The highest BCUT2D eigenvalue weighted by Gasteiger charge is 2.42. The summed E-state index contributed by atoms with van der Waals surface area (Å²) in [6.07, 6.45) is 3.16. The molecular weight excluding hydrogens is 356 g/mol. The summed E-state index contributed by atoms with van der Waals surface area (Å²) in [4.78, 5) is 24.7. The van der Waals surface area contributed by atoms with Crippen molar-refractivity contribution in [2.45, 2.75) is 58.6 Å². The summed E-state index contributed by atoms with van der Waals surface area (Å²) < 4.78 is 10.7. The molecule has 2 rings (SSSR count). The smallest absolute Gasteiger partial charge is 0.407 e. The lowest BCUT2D eigenvalue weighted by Gasteiger charge is -2.31. The average molecular weight is 389 g/mol. The predicted octanol–water partition coefficient (Wildman–Crippen LogP) is 3.91. The van der Waals surface area contributed by atoms with E-state index in [1.54, 1.807) is 13.2 Å². The van der Waals surface area contributed by atoms with Crippen molar-refractivity contribution in [3.05, 3.63) is 35.9 Å². The van der Waals surface area contributed by atoms with Gasteiger partial charge in [-0.3, -0.25) is 4.79 Å². The van der Waals surface area contributed by atoms with Crippen LogP contribution in [0.5, 0.6) is 5.75 Å². The van der Waals surface area contributed by atoms with E-state index in [2.05, 4.69) is 10.6 Å². The summed E-state index contributed by atoms with van der Waals surface area (Å²) >= 11 is 0. The molecule has 0 saturated heterocycles. The molecule has 6 heteroatoms. The number of allylic oxidation sites excluding steroid dienone is 1. The quantitative estimate of drug-likeness (QED) is 0.695. The van der Waals surface area contributed by atoms with Gasteiger partial charge in [-0.05, 0) is 65.0 Å². The van der Waals surface area contributed by atoms with Gasteiger partial charge in [-0.1, -0.05) is 18.2 Å². The van der Waals surface area contributed by atoms with E-state index in [0.717, 1.165) is 29.7 Å². The summed E-state index contributed by atoms with van der Waals surface area (Å²) in [6.45, 7) is 9.62. The van der Waals surface area contributed by atoms with Crippen LogP contribution in [0.1, 0.15) is 53.0 Å². The standard InChI is InChI=1S/C22H32N2O4/c1-15(17-9-7-8-10-18(17)27-6)13-19(25)24-22(5,16-11-12-16)14-23-20(26)28-21(2,3)4/h7-10,13,16H,11-12,14H2,1-6H3,(H,23,26)(H,24,25)/b15-13+. The first-order chi connectivity index (χ1) is 13.0. The molecule has 2 N–H and O–H groups in total. The number of carbonyl (C=O) groups is 2. The van der Waals surface area contributed by atoms with Gasteiger partial charge in [0.05, 0.1) is 12.6 Å². The maximum absolute atomic E-state index is 12.7. The molecule has 1 atom stereocenters. The molecule has 0 aromatic heterocycles. The Labute approximate surface area is 167 Å². The fourth-order valence-corrected chi connectivity index (χ4v) is 3.14. The SMILES string of the molecule is COc1ccccc1/C(C)=C/C(=O)NC(C)(CNC(=O)OC(C)(C)C)C1CC1. The molecule has 28 heavy (non-hydrogen) atoms. The number of alkyl carbamates (subject to hydrolysis) is 1. The summed E-state index contributed by atoms with van der Waals surface area (Å²) in [6, 6.07) is 7.58. The number of methoxy groups -OCH3 is 1. The Bertz CT molecular complexity index is 747. The second-order valence-electron chi connectivity index (χ2n) is 8.56. The number of amides is 2. The van der Waals surface area contributed by atoms with Gasteiger partial charge in [0.1, 0.15) is 11.4 Å². The van der Waals surface area contributed by atoms with Crippen molar-refractivity contribution < 1.29 is 19.1 Å². The molecular formula is C22H32N2O4. The topological polar surface area (TPSA) is 76.7 Å². The van der Waals surface area contributed by atoms with Crippen LogP contribution in [0.2, 0.25) is 0 Å². The maximum atomic E-state index is 12.7. The second-order valence-corrected chi connectivity index (χ2v) is 8.56. The zero-order valence-corrected chi connectivity index (χ0v) is 17.7. The van der Waals surface area contributed by atoms with Crippen LogP contribution in [0.15, 0.2) is 30.3 Å². The fourth-order valence-electron chi connectivity index (χ4n) is 3.14. The van der Waals surface area contributed by atoms with E-state index in [0.29, 0.717) is 12.5 Å². The number of carbonyl (C=O) groups excluding carboxylic acids is 2. The zero-order valence-electron chi connectivity index (χ0n) is 17.7. The first kappa shape index (κ1) is 21.8. The van der Waals surface area contributed by atoms with Crippen molar-refractivity contribution in [1.29, 1.82) is 0 Å². The van der Waals surface area contributed by atoms with Gasteiger partial charge in [-0.25, -0.2) is 4.79 Å². The van der Waals surface area contributed by atoms with Gasteiger partial charge in [0.25, 0.3) is 0 Å². The van der Waals surface area contributed by atoms with Crippen LogP contribution in [-0.2, 0) is 9.53 Å². The highest BCUT2D eigenvalue weighted by atomic mass is 16.6. The Hall–Kier alpha value is -2.50. The fraction of sp³-hybridized carbons (Fsp3) is 0.545. The molecule has 1 fully saturated rings. The van der Waals surface area contributed by atoms with Gasteiger partial charge < -0.3 is 20.1 Å². The van der Waals surface area contributed by atoms with Crippen molar-refractivity contribution in [1.82, 2.24) is 10.6 Å². The molecule has 1 aliphatic carbocycles. The minimum absolute atomic E-state index is 0.191. The Morgan fingerprint density at radius 2 is 1.82 bits per heavy atom.